The SMILES string of the molecule is CCC(=O)Oc1cn(-c2cc(C)cc(C)c2)c2nc(CC)[n+]3c4ccccc4[nH]c3c12. The van der Waals surface area contributed by atoms with Gasteiger partial charge in [-0.15, -0.1) is 0 Å². The molecule has 3 aromatic heterocycles. The van der Waals surface area contributed by atoms with Crippen LogP contribution in [0.5, 0.6) is 5.75 Å². The molecule has 1 N–H and O–H groups in total. The van der Waals surface area contributed by atoms with Gasteiger partial charge in [0, 0.05) is 18.5 Å². The number of esters is 1. The summed E-state index contributed by atoms with van der Waals surface area (Å²) in [5.74, 6) is 1.19. The number of ether oxygens (including phenoxy) is 1. The van der Waals surface area contributed by atoms with Crippen molar-refractivity contribution in [3.8, 4) is 11.4 Å². The highest BCUT2D eigenvalue weighted by molar-refractivity contribution is 5.98. The number of aromatic amines is 1. The molecule has 2 aromatic carbocycles. The van der Waals surface area contributed by atoms with Crippen LogP contribution in [-0.4, -0.2) is 20.5 Å². The molecule has 6 nitrogen and oxygen atoms in total. The summed E-state index contributed by atoms with van der Waals surface area (Å²) in [5, 5.41) is 0.800. The van der Waals surface area contributed by atoms with Crippen LogP contribution in [0.2, 0.25) is 0 Å². The van der Waals surface area contributed by atoms with E-state index in [2.05, 4.69) is 54.4 Å². The van der Waals surface area contributed by atoms with Crippen LogP contribution in [-0.2, 0) is 11.2 Å². The van der Waals surface area contributed by atoms with Crippen LogP contribution in [0.15, 0.2) is 48.7 Å². The average Bonchev–Trinajstić information content (AvgIpc) is 3.31. The van der Waals surface area contributed by atoms with E-state index in [0.717, 1.165) is 45.6 Å². The molecule has 5 rings (SSSR count). The maximum atomic E-state index is 12.2. The third-order valence-corrected chi connectivity index (χ3v) is 5.61. The highest BCUT2D eigenvalue weighted by atomic mass is 16.5. The molecule has 0 aliphatic rings. The highest BCUT2D eigenvalue weighted by Crippen LogP contribution is 2.33. The molecule has 6 heteroatoms. The fraction of sp³-hybridized carbons (Fsp3) is 0.240. The van der Waals surface area contributed by atoms with E-state index in [0.29, 0.717) is 12.2 Å². The molecule has 0 amide bonds. The molecule has 0 atom stereocenters. The number of fused-ring (bicyclic) bond motifs is 5. The standard InChI is InChI=1S/C25H24N4O2/c1-5-21-27-24-23(25-26-18-9-7-8-10-19(18)29(21)25)20(31-22(30)6-2)14-28(24)17-12-15(3)11-16(4)13-17/h7-14H,5-6H2,1-4H3/p+1. The lowest BCUT2D eigenvalue weighted by atomic mass is 10.1. The Kier molecular flexibility index (Phi) is 4.50. The molecule has 5 aromatic rings. The van der Waals surface area contributed by atoms with Crippen molar-refractivity contribution in [1.29, 1.82) is 0 Å². The second kappa shape index (κ2) is 7.23. The van der Waals surface area contributed by atoms with E-state index in [9.17, 15) is 4.79 Å². The molecule has 0 saturated carbocycles. The first-order valence-corrected chi connectivity index (χ1v) is 10.7. The minimum Gasteiger partial charge on any atom is -0.424 e. The predicted molar refractivity (Wildman–Crippen MR) is 121 cm³/mol. The summed E-state index contributed by atoms with van der Waals surface area (Å²) in [4.78, 5) is 20.8. The van der Waals surface area contributed by atoms with Crippen LogP contribution in [0.4, 0.5) is 0 Å². The number of nitrogens with one attached hydrogen (secondary N) is 1. The van der Waals surface area contributed by atoms with Crippen molar-refractivity contribution in [3.63, 3.8) is 0 Å². The molecule has 0 fully saturated rings. The summed E-state index contributed by atoms with van der Waals surface area (Å²) in [7, 11) is 0. The van der Waals surface area contributed by atoms with Gasteiger partial charge in [-0.05, 0) is 49.2 Å². The molecule has 0 spiro atoms. The van der Waals surface area contributed by atoms with Gasteiger partial charge in [0.1, 0.15) is 11.0 Å². The van der Waals surface area contributed by atoms with Gasteiger partial charge in [0.25, 0.3) is 0 Å². The number of carbonyl (C=O) groups excluding carboxylic acids is 1. The number of hydrogen-bond donors (Lipinski definition) is 1. The maximum absolute atomic E-state index is 12.2. The van der Waals surface area contributed by atoms with Gasteiger partial charge < -0.3 is 4.74 Å². The van der Waals surface area contributed by atoms with E-state index in [-0.39, 0.29) is 5.97 Å². The number of aromatic nitrogens is 4. The Morgan fingerprint density at radius 1 is 1.13 bits per heavy atom. The van der Waals surface area contributed by atoms with Gasteiger partial charge in [-0.1, -0.05) is 37.0 Å². The largest absolute Gasteiger partial charge is 0.424 e. The number of hydrogen-bond acceptors (Lipinski definition) is 3. The number of rotatable bonds is 4. The predicted octanol–water partition coefficient (Wildman–Crippen LogP) is 4.74. The number of carbonyl (C=O) groups is 1. The lowest BCUT2D eigenvalue weighted by Crippen LogP contribution is -2.28. The van der Waals surface area contributed by atoms with Crippen LogP contribution < -0.4 is 9.14 Å². The second-order valence-electron chi connectivity index (χ2n) is 7.94. The molecule has 156 valence electrons. The average molecular weight is 414 g/mol. The molecule has 0 bridgehead atoms. The minimum atomic E-state index is -0.270. The lowest BCUT2D eigenvalue weighted by molar-refractivity contribution is -0.494. The van der Waals surface area contributed by atoms with E-state index >= 15 is 0 Å². The second-order valence-corrected chi connectivity index (χ2v) is 7.94. The van der Waals surface area contributed by atoms with Gasteiger partial charge in [-0.3, -0.25) is 14.3 Å². The van der Waals surface area contributed by atoms with E-state index in [1.165, 1.54) is 11.1 Å². The first-order chi connectivity index (χ1) is 15.0. The van der Waals surface area contributed by atoms with E-state index in [1.54, 1.807) is 6.92 Å². The molecule has 3 heterocycles. The van der Waals surface area contributed by atoms with Crippen LogP contribution in [0.1, 0.15) is 37.2 Å². The smallest absolute Gasteiger partial charge is 0.310 e. The Bertz CT molecular complexity index is 1460. The van der Waals surface area contributed by atoms with Crippen molar-refractivity contribution in [2.75, 3.05) is 0 Å². The first kappa shape index (κ1) is 19.3. The monoisotopic (exact) mass is 413 g/mol. The number of benzene rings is 2. The fourth-order valence-corrected chi connectivity index (χ4v) is 4.29. The van der Waals surface area contributed by atoms with Crippen LogP contribution >= 0.6 is 0 Å². The number of imidazole rings is 1. The van der Waals surface area contributed by atoms with Gasteiger partial charge in [0.15, 0.2) is 11.1 Å². The summed E-state index contributed by atoms with van der Waals surface area (Å²) in [6.07, 6.45) is 2.95. The minimum absolute atomic E-state index is 0.270. The van der Waals surface area contributed by atoms with Crippen molar-refractivity contribution in [2.45, 2.75) is 40.5 Å². The third-order valence-electron chi connectivity index (χ3n) is 5.61. The molecular formula is C25H25N4O2+. The van der Waals surface area contributed by atoms with Crippen molar-refractivity contribution < 1.29 is 13.9 Å². The molecule has 0 saturated heterocycles. The number of aryl methyl sites for hydroxylation is 3. The van der Waals surface area contributed by atoms with Crippen molar-refractivity contribution in [3.05, 3.63) is 65.6 Å². The van der Waals surface area contributed by atoms with Gasteiger partial charge >= 0.3 is 5.97 Å². The van der Waals surface area contributed by atoms with E-state index in [1.807, 2.05) is 29.0 Å². The van der Waals surface area contributed by atoms with Crippen molar-refractivity contribution in [1.82, 2.24) is 14.5 Å². The normalized spacial score (nSPS) is 11.6. The third kappa shape index (κ3) is 3.06. The van der Waals surface area contributed by atoms with Gasteiger partial charge in [-0.2, -0.15) is 4.40 Å². The topological polar surface area (TPSA) is 64.0 Å². The van der Waals surface area contributed by atoms with Crippen molar-refractivity contribution >= 4 is 33.7 Å². The van der Waals surface area contributed by atoms with Crippen LogP contribution in [0.25, 0.3) is 33.4 Å². The van der Waals surface area contributed by atoms with E-state index < -0.39 is 0 Å². The summed E-state index contributed by atoms with van der Waals surface area (Å²) in [6, 6.07) is 14.5. The first-order valence-electron chi connectivity index (χ1n) is 10.7. The zero-order valence-corrected chi connectivity index (χ0v) is 18.2. The Morgan fingerprint density at radius 3 is 2.58 bits per heavy atom. The molecule has 0 radical (unpaired) electrons. The molecule has 31 heavy (non-hydrogen) atoms. The maximum Gasteiger partial charge on any atom is 0.310 e. The van der Waals surface area contributed by atoms with Gasteiger partial charge in [0.2, 0.25) is 17.1 Å². The van der Waals surface area contributed by atoms with Crippen molar-refractivity contribution in [2.24, 2.45) is 0 Å². The Hall–Kier alpha value is -3.67. The zero-order chi connectivity index (χ0) is 21.7. The highest BCUT2D eigenvalue weighted by Gasteiger charge is 2.27. The molecule has 0 aliphatic heterocycles. The van der Waals surface area contributed by atoms with Gasteiger partial charge in [0.05, 0.1) is 6.20 Å². The quantitative estimate of drug-likeness (QED) is 0.342. The lowest BCUT2D eigenvalue weighted by Gasteiger charge is -2.06. The molecule has 0 unspecified atom stereocenters. The Labute approximate surface area is 180 Å². The van der Waals surface area contributed by atoms with Crippen LogP contribution in [0, 0.1) is 13.8 Å². The molecule has 0 aliphatic carbocycles. The summed E-state index contributed by atoms with van der Waals surface area (Å²) in [6.45, 7) is 8.06. The van der Waals surface area contributed by atoms with Gasteiger partial charge in [-0.25, -0.2) is 0 Å². The van der Waals surface area contributed by atoms with E-state index in [4.69, 9.17) is 9.72 Å². The number of H-pyrrole nitrogens is 1. The summed E-state index contributed by atoms with van der Waals surface area (Å²) in [5.41, 5.74) is 7.05. The Morgan fingerprint density at radius 2 is 1.87 bits per heavy atom. The Balaban J connectivity index is 1.93. The number of para-hydroxylation sites is 2. The summed E-state index contributed by atoms with van der Waals surface area (Å²) >= 11 is 0. The molecular weight excluding hydrogens is 388 g/mol. The fourth-order valence-electron chi connectivity index (χ4n) is 4.29. The summed E-state index contributed by atoms with van der Waals surface area (Å²) < 4.78 is 9.94. The zero-order valence-electron chi connectivity index (χ0n) is 18.2. The number of nitrogens with zero attached hydrogens (tertiary/aromatic N) is 3. The van der Waals surface area contributed by atoms with Crippen LogP contribution in [0.3, 0.4) is 0 Å².